The SMILES string of the molecule is COc1cc(N2C=CC=NC=C2C)c2[nH]c(C(=O)Nc3ccc(N4CCOCC4)cc3)cc(=O)c2c1. The van der Waals surface area contributed by atoms with E-state index >= 15 is 0 Å². The topological polar surface area (TPSA) is 99.3 Å². The zero-order valence-electron chi connectivity index (χ0n) is 20.2. The van der Waals surface area contributed by atoms with Gasteiger partial charge in [-0.2, -0.15) is 0 Å². The van der Waals surface area contributed by atoms with E-state index in [4.69, 9.17) is 9.47 Å². The smallest absolute Gasteiger partial charge is 0.272 e. The molecule has 36 heavy (non-hydrogen) atoms. The van der Waals surface area contributed by atoms with Crippen molar-refractivity contribution in [3.63, 3.8) is 0 Å². The number of allylic oxidation sites excluding steroid dienone is 2. The molecule has 2 aromatic carbocycles. The monoisotopic (exact) mass is 485 g/mol. The summed E-state index contributed by atoms with van der Waals surface area (Å²) in [5.74, 6) is 0.129. The number of morpholine rings is 1. The molecule has 0 atom stereocenters. The highest BCUT2D eigenvalue weighted by atomic mass is 16.5. The molecular formula is C27H27N5O4. The third-order valence-electron chi connectivity index (χ3n) is 6.18. The minimum atomic E-state index is -0.406. The molecule has 2 aliphatic rings. The molecule has 3 aromatic rings. The van der Waals surface area contributed by atoms with Crippen LogP contribution in [-0.2, 0) is 4.74 Å². The molecule has 1 aromatic heterocycles. The third-order valence-corrected chi connectivity index (χ3v) is 6.18. The van der Waals surface area contributed by atoms with Gasteiger partial charge in [0.25, 0.3) is 5.91 Å². The molecular weight excluding hydrogens is 458 g/mol. The van der Waals surface area contributed by atoms with E-state index < -0.39 is 5.91 Å². The number of ether oxygens (including phenoxy) is 2. The van der Waals surface area contributed by atoms with Crippen molar-refractivity contribution in [3.05, 3.63) is 82.6 Å². The summed E-state index contributed by atoms with van der Waals surface area (Å²) in [6.07, 6.45) is 7.05. The minimum absolute atomic E-state index is 0.160. The normalized spacial score (nSPS) is 15.6. The van der Waals surface area contributed by atoms with Gasteiger partial charge in [0.1, 0.15) is 11.4 Å². The number of aliphatic imine (C=N–C) groups is 1. The van der Waals surface area contributed by atoms with Crippen molar-refractivity contribution in [2.45, 2.75) is 6.92 Å². The number of nitrogens with zero attached hydrogens (tertiary/aromatic N) is 3. The van der Waals surface area contributed by atoms with Crippen molar-refractivity contribution in [1.29, 1.82) is 0 Å². The number of amides is 1. The molecule has 3 heterocycles. The van der Waals surface area contributed by atoms with Crippen molar-refractivity contribution in [2.24, 2.45) is 4.99 Å². The molecule has 9 heteroatoms. The highest BCUT2D eigenvalue weighted by Crippen LogP contribution is 2.32. The summed E-state index contributed by atoms with van der Waals surface area (Å²) in [7, 11) is 1.55. The molecule has 9 nitrogen and oxygen atoms in total. The summed E-state index contributed by atoms with van der Waals surface area (Å²) >= 11 is 0. The quantitative estimate of drug-likeness (QED) is 0.569. The average molecular weight is 486 g/mol. The van der Waals surface area contributed by atoms with Gasteiger partial charge in [-0.25, -0.2) is 0 Å². The molecule has 184 valence electrons. The molecule has 2 aliphatic heterocycles. The minimum Gasteiger partial charge on any atom is -0.497 e. The molecule has 0 aliphatic carbocycles. The summed E-state index contributed by atoms with van der Waals surface area (Å²) in [4.78, 5) is 37.7. The fraction of sp³-hybridized carbons (Fsp3) is 0.222. The van der Waals surface area contributed by atoms with Gasteiger partial charge in [-0.05, 0) is 43.3 Å². The maximum absolute atomic E-state index is 13.1. The lowest BCUT2D eigenvalue weighted by molar-refractivity contribution is 0.102. The Labute approximate surface area is 208 Å². The second-order valence-electron chi connectivity index (χ2n) is 8.50. The van der Waals surface area contributed by atoms with Crippen LogP contribution < -0.4 is 25.3 Å². The largest absolute Gasteiger partial charge is 0.497 e. The molecule has 5 rings (SSSR count). The standard InChI is InChI=1S/C27H27N5O4/c1-18-17-28-8-3-9-32(18)24-15-21(35-2)14-22-25(33)16-23(30-26(22)24)27(34)29-19-4-6-20(7-5-19)31-10-12-36-13-11-31/h3-9,14-17H,10-13H2,1-2H3,(H,29,34)(H,30,33). The summed E-state index contributed by atoms with van der Waals surface area (Å²) in [6.45, 7) is 5.00. The highest BCUT2D eigenvalue weighted by Gasteiger charge is 2.18. The first kappa shape index (κ1) is 23.4. The van der Waals surface area contributed by atoms with Gasteiger partial charge in [-0.1, -0.05) is 0 Å². The second-order valence-corrected chi connectivity index (χ2v) is 8.50. The van der Waals surface area contributed by atoms with Crippen LogP contribution in [0.25, 0.3) is 10.9 Å². The van der Waals surface area contributed by atoms with E-state index in [0.717, 1.165) is 24.5 Å². The lowest BCUT2D eigenvalue weighted by Gasteiger charge is -2.28. The number of aromatic amines is 1. The molecule has 1 amide bonds. The van der Waals surface area contributed by atoms with Crippen molar-refractivity contribution in [3.8, 4) is 5.75 Å². The van der Waals surface area contributed by atoms with Gasteiger partial charge >= 0.3 is 0 Å². The molecule has 2 N–H and O–H groups in total. The Bertz CT molecular complexity index is 1430. The maximum Gasteiger partial charge on any atom is 0.272 e. The van der Waals surface area contributed by atoms with E-state index in [1.54, 1.807) is 31.7 Å². The highest BCUT2D eigenvalue weighted by molar-refractivity contribution is 6.05. The van der Waals surface area contributed by atoms with E-state index in [1.807, 2.05) is 48.4 Å². The molecule has 1 saturated heterocycles. The number of hydrogen-bond acceptors (Lipinski definition) is 7. The summed E-state index contributed by atoms with van der Waals surface area (Å²) < 4.78 is 10.8. The van der Waals surface area contributed by atoms with E-state index in [1.165, 1.54) is 6.07 Å². The number of pyridine rings is 1. The zero-order valence-corrected chi connectivity index (χ0v) is 20.2. The van der Waals surface area contributed by atoms with Crippen LogP contribution in [0, 0.1) is 0 Å². The number of carbonyl (C=O) groups is 1. The predicted octanol–water partition coefficient (Wildman–Crippen LogP) is 3.89. The molecule has 1 fully saturated rings. The first-order chi connectivity index (χ1) is 17.5. The average Bonchev–Trinajstić information content (AvgIpc) is 3.13. The fourth-order valence-electron chi connectivity index (χ4n) is 4.29. The van der Waals surface area contributed by atoms with Crippen LogP contribution in [0.3, 0.4) is 0 Å². The number of benzene rings is 2. The molecule has 0 spiro atoms. The van der Waals surface area contributed by atoms with Crippen molar-refractivity contribution < 1.29 is 14.3 Å². The van der Waals surface area contributed by atoms with Crippen molar-refractivity contribution >= 4 is 40.1 Å². The molecule has 0 bridgehead atoms. The van der Waals surface area contributed by atoms with Crippen LogP contribution in [0.15, 0.2) is 76.4 Å². The number of H-pyrrole nitrogens is 1. The van der Waals surface area contributed by atoms with Gasteiger partial charge in [-0.3, -0.25) is 14.6 Å². The van der Waals surface area contributed by atoms with Gasteiger partial charge in [0.15, 0.2) is 5.43 Å². The van der Waals surface area contributed by atoms with E-state index in [0.29, 0.717) is 41.2 Å². The Morgan fingerprint density at radius 1 is 1.14 bits per heavy atom. The van der Waals surface area contributed by atoms with E-state index in [2.05, 4.69) is 20.2 Å². The number of aromatic nitrogens is 1. The van der Waals surface area contributed by atoms with E-state index in [9.17, 15) is 9.59 Å². The van der Waals surface area contributed by atoms with Crippen LogP contribution in [0.5, 0.6) is 5.75 Å². The Morgan fingerprint density at radius 2 is 1.92 bits per heavy atom. The van der Waals surface area contributed by atoms with Crippen molar-refractivity contribution in [2.75, 3.05) is 48.5 Å². The Kier molecular flexibility index (Phi) is 6.55. The molecule has 0 saturated carbocycles. The van der Waals surface area contributed by atoms with E-state index in [-0.39, 0.29) is 11.1 Å². The maximum atomic E-state index is 13.1. The van der Waals surface area contributed by atoms with Gasteiger partial charge in [0.2, 0.25) is 0 Å². The number of anilines is 3. The summed E-state index contributed by atoms with van der Waals surface area (Å²) in [5, 5.41) is 3.30. The number of methoxy groups -OCH3 is 1. The van der Waals surface area contributed by atoms with Crippen LogP contribution in [-0.4, -0.2) is 50.5 Å². The van der Waals surface area contributed by atoms with Gasteiger partial charge in [0, 0.05) is 60.9 Å². The third kappa shape index (κ3) is 4.73. The Hall–Kier alpha value is -4.37. The number of rotatable bonds is 5. The fourth-order valence-corrected chi connectivity index (χ4v) is 4.29. The number of fused-ring (bicyclic) bond motifs is 1. The second kappa shape index (κ2) is 10.1. The Balaban J connectivity index is 1.47. The van der Waals surface area contributed by atoms with Gasteiger partial charge in [0.05, 0.1) is 36.9 Å². The summed E-state index contributed by atoms with van der Waals surface area (Å²) in [6, 6.07) is 12.4. The van der Waals surface area contributed by atoms with Crippen molar-refractivity contribution in [1.82, 2.24) is 4.98 Å². The summed E-state index contributed by atoms with van der Waals surface area (Å²) in [5.41, 5.74) is 3.62. The van der Waals surface area contributed by atoms with Crippen LogP contribution >= 0.6 is 0 Å². The number of carbonyl (C=O) groups excluding carboxylic acids is 1. The lowest BCUT2D eigenvalue weighted by Crippen LogP contribution is -2.36. The number of hydrogen-bond donors (Lipinski definition) is 2. The van der Waals surface area contributed by atoms with Crippen LogP contribution in [0.1, 0.15) is 17.4 Å². The first-order valence-electron chi connectivity index (χ1n) is 11.7. The predicted molar refractivity (Wildman–Crippen MR) is 142 cm³/mol. The first-order valence-corrected chi connectivity index (χ1v) is 11.7. The molecule has 0 radical (unpaired) electrons. The lowest BCUT2D eigenvalue weighted by atomic mass is 10.1. The van der Waals surface area contributed by atoms with Crippen LogP contribution in [0.4, 0.5) is 17.1 Å². The van der Waals surface area contributed by atoms with Gasteiger partial charge < -0.3 is 29.6 Å². The molecule has 0 unspecified atom stereocenters. The Morgan fingerprint density at radius 3 is 2.67 bits per heavy atom. The van der Waals surface area contributed by atoms with Crippen LogP contribution in [0.2, 0.25) is 0 Å². The van der Waals surface area contributed by atoms with Gasteiger partial charge in [-0.15, -0.1) is 0 Å². The number of nitrogens with one attached hydrogen (secondary N) is 2. The zero-order chi connectivity index (χ0) is 25.1.